The van der Waals surface area contributed by atoms with Gasteiger partial charge in [-0.1, -0.05) is 84.9 Å². The SMILES string of the molecule is O=C(Nc1ccc(CN(Cc2ccc(NC(=O)[C@@H]3CCCN3C(=O)[C@@H](c3ccccc3)N3CCC(F)(F)CC3)cc2)c2ccc(F)cc2)cc1)[C@@H]1CCCN1C(=O)[C@@H](c1ccccc1)N1CCC(F)(F)CC1. The number of amides is 4. The number of hydrogen-bond donors (Lipinski definition) is 2. The predicted molar refractivity (Wildman–Crippen MR) is 266 cm³/mol. The summed E-state index contributed by atoms with van der Waals surface area (Å²) in [6, 6.07) is 36.2. The zero-order valence-corrected chi connectivity index (χ0v) is 40.1. The second-order valence-corrected chi connectivity index (χ2v) is 19.5. The Hall–Kier alpha value is -6.65. The zero-order chi connectivity index (χ0) is 50.4. The van der Waals surface area contributed by atoms with Crippen molar-refractivity contribution in [2.24, 2.45) is 0 Å². The number of nitrogens with zero attached hydrogens (tertiary/aromatic N) is 5. The Morgan fingerprint density at radius 3 is 1.26 bits per heavy atom. The number of alkyl halides is 4. The number of likely N-dealkylation sites (tertiary alicyclic amines) is 4. The molecular formula is C56H60F5N7O4. The summed E-state index contributed by atoms with van der Waals surface area (Å²) in [6.07, 6.45) is 0.874. The molecule has 9 rings (SSSR count). The molecule has 72 heavy (non-hydrogen) atoms. The fourth-order valence-corrected chi connectivity index (χ4v) is 10.6. The molecule has 4 amide bonds. The van der Waals surface area contributed by atoms with E-state index in [0.29, 0.717) is 74.4 Å². The molecule has 4 fully saturated rings. The second-order valence-electron chi connectivity index (χ2n) is 19.5. The minimum Gasteiger partial charge on any atom is -0.363 e. The molecule has 0 radical (unpaired) electrons. The Bertz CT molecular complexity index is 2480. The summed E-state index contributed by atoms with van der Waals surface area (Å²) in [4.78, 5) is 65.1. The van der Waals surface area contributed by atoms with E-state index in [1.54, 1.807) is 56.0 Å². The van der Waals surface area contributed by atoms with Gasteiger partial charge < -0.3 is 25.3 Å². The van der Waals surface area contributed by atoms with Crippen LogP contribution in [0.25, 0.3) is 0 Å². The number of benzene rings is 5. The lowest BCUT2D eigenvalue weighted by molar-refractivity contribution is -0.144. The van der Waals surface area contributed by atoms with E-state index in [1.807, 2.05) is 84.9 Å². The van der Waals surface area contributed by atoms with Crippen molar-refractivity contribution in [2.75, 3.05) is 54.8 Å². The number of rotatable bonds is 15. The number of piperidine rings is 2. The Morgan fingerprint density at radius 2 is 0.889 bits per heavy atom. The highest BCUT2D eigenvalue weighted by Gasteiger charge is 2.45. The van der Waals surface area contributed by atoms with Crippen LogP contribution in [0.3, 0.4) is 0 Å². The van der Waals surface area contributed by atoms with E-state index < -0.39 is 36.0 Å². The van der Waals surface area contributed by atoms with Crippen LogP contribution in [0, 0.1) is 5.82 Å². The summed E-state index contributed by atoms with van der Waals surface area (Å²) in [6.45, 7) is 1.88. The van der Waals surface area contributed by atoms with Crippen molar-refractivity contribution in [3.8, 4) is 0 Å². The smallest absolute Gasteiger partial charge is 0.250 e. The van der Waals surface area contributed by atoms with E-state index in [1.165, 1.54) is 12.1 Å². The van der Waals surface area contributed by atoms with Gasteiger partial charge in [0, 0.05) is 95.1 Å². The Labute approximate surface area is 416 Å². The standard InChI is InChI=1S/C56H60F5N7O4/c57-43-19-25-46(26-20-43)66(37-39-15-21-44(22-16-39)62-51(69)47-13-7-31-67(47)53(71)49(41-9-3-1-4-10-41)64-33-27-55(58,59)28-34-64)38-40-17-23-45(24-18-40)63-52(70)48-14-8-32-68(48)54(72)50(42-11-5-2-6-12-42)65-35-29-56(60,61)30-36-65/h1-6,9-12,15-26,47-50H,7-8,13-14,27-38H2,(H,62,69)(H,63,70)/t47-,48-,49+,50+/m0/s1. The highest BCUT2D eigenvalue weighted by molar-refractivity contribution is 5.99. The van der Waals surface area contributed by atoms with Crippen molar-refractivity contribution in [1.82, 2.24) is 19.6 Å². The highest BCUT2D eigenvalue weighted by Crippen LogP contribution is 2.37. The molecule has 2 N–H and O–H groups in total. The average molecular weight is 990 g/mol. The van der Waals surface area contributed by atoms with Gasteiger partial charge in [-0.25, -0.2) is 22.0 Å². The molecule has 4 aliphatic rings. The summed E-state index contributed by atoms with van der Waals surface area (Å²) < 4.78 is 70.8. The normalized spacial score (nSPS) is 20.9. The van der Waals surface area contributed by atoms with Crippen molar-refractivity contribution >= 4 is 40.7 Å². The van der Waals surface area contributed by atoms with Gasteiger partial charge in [0.2, 0.25) is 23.6 Å². The molecule has 0 aromatic heterocycles. The van der Waals surface area contributed by atoms with E-state index in [-0.39, 0.29) is 81.3 Å². The maximum Gasteiger partial charge on any atom is 0.250 e. The summed E-state index contributed by atoms with van der Waals surface area (Å²) in [5.74, 6) is -7.11. The molecule has 4 saturated heterocycles. The van der Waals surface area contributed by atoms with Gasteiger partial charge in [-0.2, -0.15) is 0 Å². The van der Waals surface area contributed by atoms with Crippen molar-refractivity contribution in [3.63, 3.8) is 0 Å². The van der Waals surface area contributed by atoms with Crippen LogP contribution in [-0.2, 0) is 32.3 Å². The molecule has 5 aromatic rings. The van der Waals surface area contributed by atoms with Crippen LogP contribution >= 0.6 is 0 Å². The van der Waals surface area contributed by atoms with Gasteiger partial charge in [0.25, 0.3) is 11.8 Å². The third kappa shape index (κ3) is 12.0. The van der Waals surface area contributed by atoms with Gasteiger partial charge in [0.1, 0.15) is 30.0 Å². The summed E-state index contributed by atoms with van der Waals surface area (Å²) in [5, 5.41) is 5.99. The Morgan fingerprint density at radius 1 is 0.514 bits per heavy atom. The van der Waals surface area contributed by atoms with Crippen LogP contribution in [0.4, 0.5) is 39.0 Å². The minimum atomic E-state index is -2.77. The molecule has 0 bridgehead atoms. The van der Waals surface area contributed by atoms with E-state index in [4.69, 9.17) is 0 Å². The fraction of sp³-hybridized carbons (Fsp3) is 0.393. The zero-order valence-electron chi connectivity index (χ0n) is 40.1. The van der Waals surface area contributed by atoms with Crippen LogP contribution in [0.15, 0.2) is 133 Å². The molecule has 4 atom stereocenters. The molecule has 378 valence electrons. The lowest BCUT2D eigenvalue weighted by atomic mass is 9.98. The molecule has 0 saturated carbocycles. The predicted octanol–water partition coefficient (Wildman–Crippen LogP) is 9.84. The van der Waals surface area contributed by atoms with E-state index in [9.17, 15) is 41.1 Å². The fourth-order valence-electron chi connectivity index (χ4n) is 10.6. The van der Waals surface area contributed by atoms with Crippen LogP contribution in [-0.4, -0.2) is 106 Å². The highest BCUT2D eigenvalue weighted by atomic mass is 19.3. The van der Waals surface area contributed by atoms with Crippen LogP contribution in [0.1, 0.15) is 85.7 Å². The quantitative estimate of drug-likeness (QED) is 0.101. The molecule has 0 spiro atoms. The molecule has 4 aliphatic heterocycles. The van der Waals surface area contributed by atoms with Crippen molar-refractivity contribution in [2.45, 2.75) is 100 Å². The average Bonchev–Trinajstić information content (AvgIpc) is 4.09. The lowest BCUT2D eigenvalue weighted by Gasteiger charge is -2.39. The number of carbonyl (C=O) groups excluding carboxylic acids is 4. The molecule has 16 heteroatoms. The first-order valence-corrected chi connectivity index (χ1v) is 25.0. The molecule has 4 heterocycles. The second kappa shape index (κ2) is 22.0. The lowest BCUT2D eigenvalue weighted by Crippen LogP contribution is -2.51. The molecule has 5 aromatic carbocycles. The van der Waals surface area contributed by atoms with Gasteiger partial charge in [-0.15, -0.1) is 0 Å². The van der Waals surface area contributed by atoms with Gasteiger partial charge >= 0.3 is 0 Å². The first-order valence-electron chi connectivity index (χ1n) is 25.0. The van der Waals surface area contributed by atoms with E-state index in [0.717, 1.165) is 16.8 Å². The third-order valence-electron chi connectivity index (χ3n) is 14.5. The van der Waals surface area contributed by atoms with E-state index >= 15 is 0 Å². The largest absolute Gasteiger partial charge is 0.363 e. The Balaban J connectivity index is 0.830. The van der Waals surface area contributed by atoms with Crippen LogP contribution in [0.5, 0.6) is 0 Å². The van der Waals surface area contributed by atoms with Gasteiger partial charge in [0.05, 0.1) is 0 Å². The number of nitrogens with one attached hydrogen (secondary N) is 2. The summed E-state index contributed by atoms with van der Waals surface area (Å²) in [7, 11) is 0. The first-order chi connectivity index (χ1) is 34.7. The summed E-state index contributed by atoms with van der Waals surface area (Å²) in [5.41, 5.74) is 5.07. The van der Waals surface area contributed by atoms with Crippen LogP contribution in [0.2, 0.25) is 0 Å². The topological polar surface area (TPSA) is 109 Å². The molecule has 0 unspecified atom stereocenters. The van der Waals surface area contributed by atoms with Crippen molar-refractivity contribution in [3.05, 3.63) is 162 Å². The number of anilines is 3. The molecule has 11 nitrogen and oxygen atoms in total. The maximum absolute atomic E-state index is 14.3. The molecular weight excluding hydrogens is 930 g/mol. The van der Waals surface area contributed by atoms with E-state index in [2.05, 4.69) is 15.5 Å². The minimum absolute atomic E-state index is 0.0693. The van der Waals surface area contributed by atoms with Crippen molar-refractivity contribution in [1.29, 1.82) is 0 Å². The first kappa shape index (κ1) is 50.3. The number of hydrogen-bond acceptors (Lipinski definition) is 7. The van der Waals surface area contributed by atoms with Crippen LogP contribution < -0.4 is 15.5 Å². The van der Waals surface area contributed by atoms with Crippen molar-refractivity contribution < 1.29 is 41.1 Å². The number of carbonyl (C=O) groups is 4. The molecule has 0 aliphatic carbocycles. The summed E-state index contributed by atoms with van der Waals surface area (Å²) >= 11 is 0. The van der Waals surface area contributed by atoms with Gasteiger partial charge in [-0.3, -0.25) is 29.0 Å². The third-order valence-corrected chi connectivity index (χ3v) is 14.5. The van der Waals surface area contributed by atoms with Gasteiger partial charge in [-0.05, 0) is 96.5 Å². The maximum atomic E-state index is 14.3. The number of halogens is 5. The Kier molecular flexibility index (Phi) is 15.4. The monoisotopic (exact) mass is 989 g/mol. The van der Waals surface area contributed by atoms with Gasteiger partial charge in [0.15, 0.2) is 0 Å².